The van der Waals surface area contributed by atoms with Crippen molar-refractivity contribution >= 4 is 0 Å². The van der Waals surface area contributed by atoms with Gasteiger partial charge in [-0.1, -0.05) is 56.9 Å². The summed E-state index contributed by atoms with van der Waals surface area (Å²) in [5, 5.41) is 3.48. The molecule has 1 saturated carbocycles. The van der Waals surface area contributed by atoms with Gasteiger partial charge in [0.05, 0.1) is 0 Å². The van der Waals surface area contributed by atoms with E-state index in [9.17, 15) is 0 Å². The van der Waals surface area contributed by atoms with Gasteiger partial charge in [-0.3, -0.25) is 0 Å². The van der Waals surface area contributed by atoms with E-state index in [4.69, 9.17) is 0 Å². The summed E-state index contributed by atoms with van der Waals surface area (Å²) >= 11 is 0. The zero-order chi connectivity index (χ0) is 12.8. The molecule has 0 aliphatic heterocycles. The summed E-state index contributed by atoms with van der Waals surface area (Å²) < 4.78 is 0. The molecule has 1 N–H and O–H groups in total. The number of aryl methyl sites for hydroxylation is 1. The first-order valence-electron chi connectivity index (χ1n) is 7.59. The Balaban J connectivity index is 1.89. The van der Waals surface area contributed by atoms with E-state index in [1.807, 2.05) is 0 Å². The van der Waals surface area contributed by atoms with Crippen LogP contribution >= 0.6 is 0 Å². The summed E-state index contributed by atoms with van der Waals surface area (Å²) in [7, 11) is 2.09. The van der Waals surface area contributed by atoms with Crippen LogP contribution in [0.1, 0.15) is 62.6 Å². The molecule has 0 spiro atoms. The Morgan fingerprint density at radius 1 is 1.17 bits per heavy atom. The van der Waals surface area contributed by atoms with Gasteiger partial charge in [-0.05, 0) is 43.4 Å². The van der Waals surface area contributed by atoms with Gasteiger partial charge in [-0.25, -0.2) is 0 Å². The molecular weight excluding hydrogens is 218 g/mol. The van der Waals surface area contributed by atoms with E-state index in [0.29, 0.717) is 6.04 Å². The van der Waals surface area contributed by atoms with E-state index in [0.717, 1.165) is 12.3 Å². The zero-order valence-electron chi connectivity index (χ0n) is 11.9. The highest BCUT2D eigenvalue weighted by molar-refractivity contribution is 5.25. The first-order chi connectivity index (χ1) is 8.83. The van der Waals surface area contributed by atoms with E-state index < -0.39 is 0 Å². The lowest BCUT2D eigenvalue weighted by molar-refractivity contribution is 0.427. The fourth-order valence-corrected chi connectivity index (χ4v) is 3.16. The third kappa shape index (κ3) is 3.58. The topological polar surface area (TPSA) is 12.0 Å². The monoisotopic (exact) mass is 245 g/mol. The molecule has 0 amide bonds. The van der Waals surface area contributed by atoms with Crippen molar-refractivity contribution in [2.75, 3.05) is 7.05 Å². The zero-order valence-corrected chi connectivity index (χ0v) is 11.9. The van der Waals surface area contributed by atoms with Crippen molar-refractivity contribution in [1.29, 1.82) is 0 Å². The average Bonchev–Trinajstić information content (AvgIpc) is 2.93. The second-order valence-corrected chi connectivity index (χ2v) is 5.66. The van der Waals surface area contributed by atoms with Gasteiger partial charge in [0.15, 0.2) is 0 Å². The maximum atomic E-state index is 3.48. The molecule has 1 heteroatoms. The Morgan fingerprint density at radius 3 is 2.39 bits per heavy atom. The normalized spacial score (nSPS) is 18.1. The van der Waals surface area contributed by atoms with E-state index in [1.54, 1.807) is 0 Å². The SMILES string of the molecule is CCc1ccc(C(CCC2CCCC2)NC)cc1. The summed E-state index contributed by atoms with van der Waals surface area (Å²) in [5.41, 5.74) is 2.89. The van der Waals surface area contributed by atoms with Crippen molar-refractivity contribution in [3.05, 3.63) is 35.4 Å². The Hall–Kier alpha value is -0.820. The molecule has 0 bridgehead atoms. The van der Waals surface area contributed by atoms with Crippen LogP contribution in [0, 0.1) is 5.92 Å². The molecule has 0 heterocycles. The average molecular weight is 245 g/mol. The standard InChI is InChI=1S/C17H27N/c1-3-14-8-11-16(12-9-14)17(18-2)13-10-15-6-4-5-7-15/h8-9,11-12,15,17-18H,3-7,10,13H2,1-2H3. The van der Waals surface area contributed by atoms with E-state index >= 15 is 0 Å². The van der Waals surface area contributed by atoms with Gasteiger partial charge in [0, 0.05) is 6.04 Å². The number of benzene rings is 1. The van der Waals surface area contributed by atoms with Crippen LogP contribution in [0.5, 0.6) is 0 Å². The highest BCUT2D eigenvalue weighted by atomic mass is 14.9. The lowest BCUT2D eigenvalue weighted by Gasteiger charge is -2.19. The summed E-state index contributed by atoms with van der Waals surface area (Å²) in [5.74, 6) is 0.996. The van der Waals surface area contributed by atoms with Gasteiger partial charge in [-0.2, -0.15) is 0 Å². The molecule has 1 aromatic rings. The molecule has 1 nitrogen and oxygen atoms in total. The van der Waals surface area contributed by atoms with Crippen molar-refractivity contribution in [2.45, 2.75) is 57.9 Å². The molecule has 2 rings (SSSR count). The second kappa shape index (κ2) is 6.94. The van der Waals surface area contributed by atoms with Crippen molar-refractivity contribution in [3.63, 3.8) is 0 Å². The summed E-state index contributed by atoms with van der Waals surface area (Å²) in [6.07, 6.45) is 9.65. The maximum Gasteiger partial charge on any atom is 0.0317 e. The quantitative estimate of drug-likeness (QED) is 0.779. The van der Waals surface area contributed by atoms with Crippen molar-refractivity contribution in [2.24, 2.45) is 5.92 Å². The molecule has 18 heavy (non-hydrogen) atoms. The van der Waals surface area contributed by atoms with Gasteiger partial charge >= 0.3 is 0 Å². The minimum absolute atomic E-state index is 0.538. The molecule has 100 valence electrons. The fourth-order valence-electron chi connectivity index (χ4n) is 3.16. The Bertz CT molecular complexity index is 335. The van der Waals surface area contributed by atoms with Crippen LogP contribution in [0.2, 0.25) is 0 Å². The van der Waals surface area contributed by atoms with Crippen molar-refractivity contribution < 1.29 is 0 Å². The number of nitrogens with one attached hydrogen (secondary N) is 1. The van der Waals surface area contributed by atoms with Crippen LogP contribution in [-0.4, -0.2) is 7.05 Å². The van der Waals surface area contributed by atoms with Crippen LogP contribution in [0.3, 0.4) is 0 Å². The number of hydrogen-bond donors (Lipinski definition) is 1. The van der Waals surface area contributed by atoms with Crippen LogP contribution in [0.4, 0.5) is 0 Å². The van der Waals surface area contributed by atoms with Gasteiger partial charge < -0.3 is 5.32 Å². The summed E-state index contributed by atoms with van der Waals surface area (Å²) in [4.78, 5) is 0. The molecule has 1 aromatic carbocycles. The number of rotatable bonds is 6. The minimum Gasteiger partial charge on any atom is -0.313 e. The predicted octanol–water partition coefficient (Wildman–Crippen LogP) is 4.48. The predicted molar refractivity (Wildman–Crippen MR) is 78.8 cm³/mol. The molecule has 1 atom stereocenters. The van der Waals surface area contributed by atoms with Crippen LogP contribution in [0.25, 0.3) is 0 Å². The Kier molecular flexibility index (Phi) is 5.25. The Morgan fingerprint density at radius 2 is 1.83 bits per heavy atom. The largest absolute Gasteiger partial charge is 0.313 e. The van der Waals surface area contributed by atoms with Gasteiger partial charge in [-0.15, -0.1) is 0 Å². The highest BCUT2D eigenvalue weighted by Gasteiger charge is 2.17. The second-order valence-electron chi connectivity index (χ2n) is 5.66. The van der Waals surface area contributed by atoms with Gasteiger partial charge in [0.1, 0.15) is 0 Å². The third-order valence-electron chi connectivity index (χ3n) is 4.48. The van der Waals surface area contributed by atoms with Gasteiger partial charge in [0.25, 0.3) is 0 Å². The van der Waals surface area contributed by atoms with Crippen LogP contribution < -0.4 is 5.32 Å². The van der Waals surface area contributed by atoms with Crippen molar-refractivity contribution in [3.8, 4) is 0 Å². The first-order valence-corrected chi connectivity index (χ1v) is 7.59. The highest BCUT2D eigenvalue weighted by Crippen LogP contribution is 2.31. The van der Waals surface area contributed by atoms with Crippen LogP contribution in [0.15, 0.2) is 24.3 Å². The van der Waals surface area contributed by atoms with E-state index in [2.05, 4.69) is 43.6 Å². The van der Waals surface area contributed by atoms with Crippen molar-refractivity contribution in [1.82, 2.24) is 5.32 Å². The molecule has 1 aliphatic rings. The van der Waals surface area contributed by atoms with E-state index in [1.165, 1.54) is 49.7 Å². The smallest absolute Gasteiger partial charge is 0.0317 e. The molecule has 0 radical (unpaired) electrons. The Labute approximate surface area is 112 Å². The molecule has 1 unspecified atom stereocenters. The first kappa shape index (κ1) is 13.6. The molecule has 0 saturated heterocycles. The fraction of sp³-hybridized carbons (Fsp3) is 0.647. The molecular formula is C17H27N. The maximum absolute atomic E-state index is 3.48. The van der Waals surface area contributed by atoms with E-state index in [-0.39, 0.29) is 0 Å². The third-order valence-corrected chi connectivity index (χ3v) is 4.48. The molecule has 1 fully saturated rings. The lowest BCUT2D eigenvalue weighted by Crippen LogP contribution is -2.17. The van der Waals surface area contributed by atoms with Crippen LogP contribution in [-0.2, 0) is 6.42 Å². The molecule has 0 aromatic heterocycles. The minimum atomic E-state index is 0.538. The lowest BCUT2D eigenvalue weighted by atomic mass is 9.94. The van der Waals surface area contributed by atoms with Gasteiger partial charge in [0.2, 0.25) is 0 Å². The summed E-state index contributed by atoms with van der Waals surface area (Å²) in [6, 6.07) is 9.69. The molecule has 1 aliphatic carbocycles. The number of hydrogen-bond acceptors (Lipinski definition) is 1. The summed E-state index contributed by atoms with van der Waals surface area (Å²) in [6.45, 7) is 2.21.